The van der Waals surface area contributed by atoms with Crippen molar-refractivity contribution in [1.29, 1.82) is 0 Å². The van der Waals surface area contributed by atoms with Gasteiger partial charge in [0.2, 0.25) is 6.41 Å². The molecule has 0 unspecified atom stereocenters. The summed E-state index contributed by atoms with van der Waals surface area (Å²) in [6.07, 6.45) is -4.74. The largest absolute Gasteiger partial charge is 0.481 e. The molecule has 1 rings (SSSR count). The fourth-order valence-corrected chi connectivity index (χ4v) is 1.46. The lowest BCUT2D eigenvalue weighted by Gasteiger charge is -2.16. The highest BCUT2D eigenvalue weighted by molar-refractivity contribution is 5.68. The molecule has 0 heterocycles. The average Bonchev–Trinajstić information content (AvgIpc) is 2.27. The average molecular weight is 261 g/mol. The van der Waals surface area contributed by atoms with Crippen LogP contribution in [0, 0.1) is 0 Å². The lowest BCUT2D eigenvalue weighted by molar-refractivity contribution is -0.138. The monoisotopic (exact) mass is 261 g/mol. The van der Waals surface area contributed by atoms with Gasteiger partial charge < -0.3 is 10.4 Å². The second kappa shape index (κ2) is 5.52. The van der Waals surface area contributed by atoms with E-state index < -0.39 is 30.2 Å². The number of hydrogen-bond donors (Lipinski definition) is 2. The molecule has 0 aliphatic carbocycles. The van der Waals surface area contributed by atoms with Gasteiger partial charge in [-0.3, -0.25) is 9.59 Å². The Bertz CT molecular complexity index is 445. The first-order valence-electron chi connectivity index (χ1n) is 4.93. The highest BCUT2D eigenvalue weighted by atomic mass is 19.4. The van der Waals surface area contributed by atoms with Crippen LogP contribution in [0.25, 0.3) is 0 Å². The van der Waals surface area contributed by atoms with Crippen LogP contribution in [0.1, 0.15) is 23.6 Å². The number of halogens is 3. The van der Waals surface area contributed by atoms with Gasteiger partial charge in [0.1, 0.15) is 0 Å². The predicted octanol–water partition coefficient (Wildman–Crippen LogP) is 1.97. The van der Waals surface area contributed by atoms with E-state index in [-0.39, 0.29) is 12.0 Å². The summed E-state index contributed by atoms with van der Waals surface area (Å²) in [5, 5.41) is 10.8. The summed E-state index contributed by atoms with van der Waals surface area (Å²) in [4.78, 5) is 20.9. The number of rotatable bonds is 5. The van der Waals surface area contributed by atoms with E-state index in [4.69, 9.17) is 5.11 Å². The molecule has 1 atom stereocenters. The van der Waals surface area contributed by atoms with Crippen molar-refractivity contribution < 1.29 is 27.9 Å². The Morgan fingerprint density at radius 3 is 2.61 bits per heavy atom. The topological polar surface area (TPSA) is 66.4 Å². The van der Waals surface area contributed by atoms with Gasteiger partial charge in [-0.25, -0.2) is 0 Å². The number of carboxylic acid groups (broad SMARTS) is 1. The summed E-state index contributed by atoms with van der Waals surface area (Å²) < 4.78 is 37.4. The van der Waals surface area contributed by atoms with E-state index in [0.29, 0.717) is 0 Å². The van der Waals surface area contributed by atoms with E-state index in [1.54, 1.807) is 0 Å². The standard InChI is InChI=1S/C11H10F3NO3/c12-11(13,14)8-3-1-2-7(4-8)9(15-6-16)5-10(17)18/h1-4,6,9H,5H2,(H,15,16)(H,17,18)/t9-/m0/s1. The molecule has 0 aromatic heterocycles. The van der Waals surface area contributed by atoms with Crippen molar-refractivity contribution in [1.82, 2.24) is 5.32 Å². The highest BCUT2D eigenvalue weighted by Gasteiger charge is 2.31. The summed E-state index contributed by atoms with van der Waals surface area (Å²) in [7, 11) is 0. The van der Waals surface area contributed by atoms with E-state index in [1.165, 1.54) is 12.1 Å². The molecule has 0 saturated heterocycles. The Kier molecular flexibility index (Phi) is 4.30. The minimum atomic E-state index is -4.51. The molecule has 1 aromatic rings. The van der Waals surface area contributed by atoms with Crippen molar-refractivity contribution in [2.24, 2.45) is 0 Å². The van der Waals surface area contributed by atoms with Crippen LogP contribution in [0.3, 0.4) is 0 Å². The van der Waals surface area contributed by atoms with Crippen LogP contribution in [0.2, 0.25) is 0 Å². The van der Waals surface area contributed by atoms with Gasteiger partial charge in [0.05, 0.1) is 18.0 Å². The number of hydrogen-bond acceptors (Lipinski definition) is 2. The molecular formula is C11H10F3NO3. The number of amides is 1. The quantitative estimate of drug-likeness (QED) is 0.796. The summed E-state index contributed by atoms with van der Waals surface area (Å²) in [6, 6.07) is 3.22. The van der Waals surface area contributed by atoms with E-state index in [9.17, 15) is 22.8 Å². The molecule has 98 valence electrons. The first kappa shape index (κ1) is 14.0. The van der Waals surface area contributed by atoms with Gasteiger partial charge in [0, 0.05) is 0 Å². The van der Waals surface area contributed by atoms with Crippen LogP contribution in [-0.4, -0.2) is 17.5 Å². The van der Waals surface area contributed by atoms with E-state index in [1.807, 2.05) is 0 Å². The zero-order valence-corrected chi connectivity index (χ0v) is 9.07. The molecule has 0 saturated carbocycles. The molecule has 0 aliphatic rings. The Labute approximate surface area is 100 Å². The number of aliphatic carboxylic acids is 1. The first-order valence-corrected chi connectivity index (χ1v) is 4.93. The minimum absolute atomic E-state index is 0.0966. The summed E-state index contributed by atoms with van der Waals surface area (Å²) in [5.74, 6) is -1.22. The molecule has 0 spiro atoms. The smallest absolute Gasteiger partial charge is 0.416 e. The second-order valence-corrected chi connectivity index (χ2v) is 3.56. The molecule has 18 heavy (non-hydrogen) atoms. The van der Waals surface area contributed by atoms with Crippen LogP contribution >= 0.6 is 0 Å². The zero-order chi connectivity index (χ0) is 13.8. The fraction of sp³-hybridized carbons (Fsp3) is 0.273. The molecule has 1 amide bonds. The van der Waals surface area contributed by atoms with Crippen molar-refractivity contribution in [3.8, 4) is 0 Å². The normalized spacial score (nSPS) is 12.8. The second-order valence-electron chi connectivity index (χ2n) is 3.56. The van der Waals surface area contributed by atoms with Crippen LogP contribution in [0.4, 0.5) is 13.2 Å². The molecule has 0 bridgehead atoms. The van der Waals surface area contributed by atoms with Gasteiger partial charge in [-0.05, 0) is 17.7 Å². The van der Waals surface area contributed by atoms with E-state index >= 15 is 0 Å². The Hall–Kier alpha value is -2.05. The lowest BCUT2D eigenvalue weighted by Crippen LogP contribution is -2.22. The molecule has 1 aromatic carbocycles. The molecule has 7 heteroatoms. The summed E-state index contributed by atoms with van der Waals surface area (Å²) in [6.45, 7) is 0. The van der Waals surface area contributed by atoms with E-state index in [0.717, 1.165) is 12.1 Å². The number of nitrogens with one attached hydrogen (secondary N) is 1. The van der Waals surface area contributed by atoms with Gasteiger partial charge >= 0.3 is 12.1 Å². The number of benzene rings is 1. The molecule has 4 nitrogen and oxygen atoms in total. The minimum Gasteiger partial charge on any atom is -0.481 e. The van der Waals surface area contributed by atoms with Crippen LogP contribution < -0.4 is 5.32 Å². The van der Waals surface area contributed by atoms with Crippen LogP contribution in [0.15, 0.2) is 24.3 Å². The van der Waals surface area contributed by atoms with Gasteiger partial charge in [0.15, 0.2) is 0 Å². The van der Waals surface area contributed by atoms with Gasteiger partial charge in [-0.2, -0.15) is 13.2 Å². The third-order valence-corrected chi connectivity index (χ3v) is 2.26. The van der Waals surface area contributed by atoms with Crippen molar-refractivity contribution in [3.05, 3.63) is 35.4 Å². The third-order valence-electron chi connectivity index (χ3n) is 2.26. The Balaban J connectivity index is 3.05. The van der Waals surface area contributed by atoms with Crippen molar-refractivity contribution >= 4 is 12.4 Å². The fourth-order valence-electron chi connectivity index (χ4n) is 1.46. The number of carboxylic acids is 1. The summed E-state index contributed by atoms with van der Waals surface area (Å²) >= 11 is 0. The maximum Gasteiger partial charge on any atom is 0.416 e. The van der Waals surface area contributed by atoms with Gasteiger partial charge in [-0.15, -0.1) is 0 Å². The zero-order valence-electron chi connectivity index (χ0n) is 9.07. The van der Waals surface area contributed by atoms with E-state index in [2.05, 4.69) is 5.32 Å². The van der Waals surface area contributed by atoms with Crippen molar-refractivity contribution in [3.63, 3.8) is 0 Å². The van der Waals surface area contributed by atoms with Crippen molar-refractivity contribution in [2.75, 3.05) is 0 Å². The Morgan fingerprint density at radius 1 is 1.44 bits per heavy atom. The first-order chi connectivity index (χ1) is 8.34. The molecular weight excluding hydrogens is 251 g/mol. The summed E-state index contributed by atoms with van der Waals surface area (Å²) in [5.41, 5.74) is -0.789. The molecule has 0 fully saturated rings. The predicted molar refractivity (Wildman–Crippen MR) is 55.6 cm³/mol. The van der Waals surface area contributed by atoms with Crippen molar-refractivity contribution in [2.45, 2.75) is 18.6 Å². The number of alkyl halides is 3. The third kappa shape index (κ3) is 3.76. The molecule has 0 radical (unpaired) electrons. The number of carbonyl (C=O) groups excluding carboxylic acids is 1. The molecule has 0 aliphatic heterocycles. The maximum atomic E-state index is 12.5. The SMILES string of the molecule is O=CN[C@@H](CC(=O)O)c1cccc(C(F)(F)F)c1. The highest BCUT2D eigenvalue weighted by Crippen LogP contribution is 2.31. The van der Waals surface area contributed by atoms with Gasteiger partial charge in [-0.1, -0.05) is 12.1 Å². The lowest BCUT2D eigenvalue weighted by atomic mass is 10.0. The number of carbonyl (C=O) groups is 2. The van der Waals surface area contributed by atoms with Crippen LogP contribution in [-0.2, 0) is 15.8 Å². The van der Waals surface area contributed by atoms with Crippen LogP contribution in [0.5, 0.6) is 0 Å². The van der Waals surface area contributed by atoms with Gasteiger partial charge in [0.25, 0.3) is 0 Å². The molecule has 2 N–H and O–H groups in total. The Morgan fingerprint density at radius 2 is 2.11 bits per heavy atom. The maximum absolute atomic E-state index is 12.5.